The van der Waals surface area contributed by atoms with Crippen LogP contribution in [0, 0.1) is 0 Å². The minimum atomic E-state index is -0.935. The highest BCUT2D eigenvalue weighted by Gasteiger charge is 2.26. The van der Waals surface area contributed by atoms with E-state index in [0.717, 1.165) is 16.5 Å². The van der Waals surface area contributed by atoms with Crippen LogP contribution in [0.25, 0.3) is 27.8 Å². The maximum absolute atomic E-state index is 14.3. The number of imidazole rings is 1. The van der Waals surface area contributed by atoms with Gasteiger partial charge in [-0.15, -0.1) is 0 Å². The Morgan fingerprint density at radius 1 is 1.30 bits per heavy atom. The standard InChI is InChI=1S/C19H18ClFN6/c20-17-16(12-9-24-14-4-2-1-3-11(12)14)26-18(19-23-7-8-27(17)19)25-15-10-22-6-5-13(15)21/h1-4,7-9,13,15,22,24H,5-6,10H2,(H,25,26)/t13-,15-/m0/s1. The zero-order valence-corrected chi connectivity index (χ0v) is 15.2. The zero-order valence-electron chi connectivity index (χ0n) is 14.4. The van der Waals surface area contributed by atoms with Crippen molar-refractivity contribution in [3.63, 3.8) is 0 Å². The summed E-state index contributed by atoms with van der Waals surface area (Å²) in [5.41, 5.74) is 3.11. The Kier molecular flexibility index (Phi) is 3.98. The Labute approximate surface area is 159 Å². The van der Waals surface area contributed by atoms with Crippen molar-refractivity contribution >= 4 is 34.0 Å². The fourth-order valence-electron chi connectivity index (χ4n) is 3.64. The summed E-state index contributed by atoms with van der Waals surface area (Å²) >= 11 is 6.65. The number of piperidine rings is 1. The van der Waals surface area contributed by atoms with Gasteiger partial charge >= 0.3 is 0 Å². The quantitative estimate of drug-likeness (QED) is 0.504. The van der Waals surface area contributed by atoms with Crippen LogP contribution in [-0.2, 0) is 0 Å². The van der Waals surface area contributed by atoms with E-state index in [4.69, 9.17) is 16.6 Å². The second-order valence-corrected chi connectivity index (χ2v) is 7.09. The van der Waals surface area contributed by atoms with E-state index >= 15 is 0 Å². The molecule has 0 bridgehead atoms. The van der Waals surface area contributed by atoms with Crippen LogP contribution in [0.15, 0.2) is 42.9 Å². The van der Waals surface area contributed by atoms with Crippen LogP contribution in [0.5, 0.6) is 0 Å². The summed E-state index contributed by atoms with van der Waals surface area (Å²) in [6.45, 7) is 1.23. The molecule has 2 atom stereocenters. The predicted molar refractivity (Wildman–Crippen MR) is 105 cm³/mol. The average Bonchev–Trinajstić information content (AvgIpc) is 3.33. The Bertz CT molecular complexity index is 1120. The van der Waals surface area contributed by atoms with Gasteiger partial charge in [-0.3, -0.25) is 4.40 Å². The Morgan fingerprint density at radius 3 is 3.07 bits per heavy atom. The molecule has 6 nitrogen and oxygen atoms in total. The van der Waals surface area contributed by atoms with E-state index in [9.17, 15) is 4.39 Å². The molecule has 3 N–H and O–H groups in total. The second-order valence-electron chi connectivity index (χ2n) is 6.73. The Hall–Kier alpha value is -2.64. The third-order valence-corrected chi connectivity index (χ3v) is 5.41. The summed E-state index contributed by atoms with van der Waals surface area (Å²) in [7, 11) is 0. The van der Waals surface area contributed by atoms with E-state index in [1.807, 2.05) is 30.5 Å². The number of nitrogens with one attached hydrogen (secondary N) is 3. The van der Waals surface area contributed by atoms with Gasteiger partial charge in [0.15, 0.2) is 11.5 Å². The molecule has 0 saturated carbocycles. The first-order valence-electron chi connectivity index (χ1n) is 8.93. The highest BCUT2D eigenvalue weighted by molar-refractivity contribution is 6.32. The highest BCUT2D eigenvalue weighted by Crippen LogP contribution is 2.34. The van der Waals surface area contributed by atoms with Crippen LogP contribution in [-0.4, -0.2) is 44.7 Å². The topological polar surface area (TPSA) is 70.0 Å². The summed E-state index contributed by atoms with van der Waals surface area (Å²) in [5, 5.41) is 7.95. The molecule has 1 saturated heterocycles. The third-order valence-electron chi connectivity index (χ3n) is 5.05. The number of alkyl halides is 1. The first kappa shape index (κ1) is 16.5. The fourth-order valence-corrected chi connectivity index (χ4v) is 3.92. The first-order chi connectivity index (χ1) is 13.2. The van der Waals surface area contributed by atoms with Crippen LogP contribution in [0.4, 0.5) is 10.2 Å². The summed E-state index contributed by atoms with van der Waals surface area (Å²) in [4.78, 5) is 12.4. The molecular formula is C19H18ClFN6. The van der Waals surface area contributed by atoms with Crippen molar-refractivity contribution in [3.05, 3.63) is 48.0 Å². The number of nitrogens with zero attached hydrogens (tertiary/aromatic N) is 3. The monoisotopic (exact) mass is 384 g/mol. The number of fused-ring (bicyclic) bond motifs is 2. The number of anilines is 1. The van der Waals surface area contributed by atoms with Gasteiger partial charge in [0, 0.05) is 41.6 Å². The number of halogens is 2. The van der Waals surface area contributed by atoms with E-state index in [2.05, 4.69) is 20.6 Å². The highest BCUT2D eigenvalue weighted by atomic mass is 35.5. The van der Waals surface area contributed by atoms with Gasteiger partial charge in [-0.05, 0) is 19.0 Å². The van der Waals surface area contributed by atoms with Crippen molar-refractivity contribution in [1.82, 2.24) is 24.7 Å². The van der Waals surface area contributed by atoms with Crippen LogP contribution in [0.3, 0.4) is 0 Å². The molecule has 0 amide bonds. The Balaban J connectivity index is 1.66. The smallest absolute Gasteiger partial charge is 0.181 e. The van der Waals surface area contributed by atoms with Crippen LogP contribution in [0.2, 0.25) is 5.15 Å². The minimum absolute atomic E-state index is 0.358. The Morgan fingerprint density at radius 2 is 2.19 bits per heavy atom. The van der Waals surface area contributed by atoms with Crippen LogP contribution in [0.1, 0.15) is 6.42 Å². The summed E-state index contributed by atoms with van der Waals surface area (Å²) < 4.78 is 16.1. The van der Waals surface area contributed by atoms with Crippen LogP contribution >= 0.6 is 11.6 Å². The molecule has 0 spiro atoms. The van der Waals surface area contributed by atoms with E-state index in [0.29, 0.717) is 41.8 Å². The number of aromatic nitrogens is 4. The van der Waals surface area contributed by atoms with Gasteiger partial charge in [-0.2, -0.15) is 0 Å². The maximum atomic E-state index is 14.3. The molecular weight excluding hydrogens is 367 g/mol. The van der Waals surface area contributed by atoms with E-state index in [1.165, 1.54) is 0 Å². The molecule has 0 aliphatic carbocycles. The number of H-pyrrole nitrogens is 1. The van der Waals surface area contributed by atoms with Gasteiger partial charge in [0.2, 0.25) is 0 Å². The van der Waals surface area contributed by atoms with Gasteiger partial charge in [-0.1, -0.05) is 29.8 Å². The molecule has 0 unspecified atom stereocenters. The largest absolute Gasteiger partial charge is 0.360 e. The summed E-state index contributed by atoms with van der Waals surface area (Å²) in [6.07, 6.45) is 4.89. The average molecular weight is 385 g/mol. The van der Waals surface area contributed by atoms with Crippen molar-refractivity contribution in [2.45, 2.75) is 18.6 Å². The van der Waals surface area contributed by atoms with E-state index < -0.39 is 6.17 Å². The van der Waals surface area contributed by atoms with E-state index in [1.54, 1.807) is 16.8 Å². The molecule has 1 aliphatic heterocycles. The summed E-state index contributed by atoms with van der Waals surface area (Å²) in [6, 6.07) is 7.62. The van der Waals surface area contributed by atoms with Gasteiger partial charge in [-0.25, -0.2) is 14.4 Å². The summed E-state index contributed by atoms with van der Waals surface area (Å²) in [5.74, 6) is 0.529. The third kappa shape index (κ3) is 2.74. The lowest BCUT2D eigenvalue weighted by atomic mass is 10.1. The maximum Gasteiger partial charge on any atom is 0.181 e. The van der Waals surface area contributed by atoms with Crippen molar-refractivity contribution in [2.75, 3.05) is 18.4 Å². The number of rotatable bonds is 3. The van der Waals surface area contributed by atoms with E-state index in [-0.39, 0.29) is 6.04 Å². The van der Waals surface area contributed by atoms with Crippen molar-refractivity contribution in [1.29, 1.82) is 0 Å². The molecule has 138 valence electrons. The van der Waals surface area contributed by atoms with Gasteiger partial charge in [0.25, 0.3) is 0 Å². The number of aromatic amines is 1. The molecule has 4 heterocycles. The SMILES string of the molecule is F[C@H]1CCNC[C@@H]1Nc1nc(-c2c[nH]c3ccccc23)c(Cl)n2ccnc12. The predicted octanol–water partition coefficient (Wildman–Crippen LogP) is 3.64. The lowest BCUT2D eigenvalue weighted by Gasteiger charge is -2.28. The first-order valence-corrected chi connectivity index (χ1v) is 9.30. The number of benzene rings is 1. The second kappa shape index (κ2) is 6.51. The normalized spacial score (nSPS) is 20.4. The molecule has 8 heteroatoms. The molecule has 1 aliphatic rings. The molecule has 0 radical (unpaired) electrons. The number of para-hydroxylation sites is 1. The van der Waals surface area contributed by atoms with Gasteiger partial charge in [0.05, 0.1) is 6.04 Å². The molecule has 5 rings (SSSR count). The molecule has 4 aromatic rings. The van der Waals surface area contributed by atoms with Gasteiger partial charge < -0.3 is 15.6 Å². The zero-order chi connectivity index (χ0) is 18.4. The van der Waals surface area contributed by atoms with Crippen molar-refractivity contribution in [3.8, 4) is 11.3 Å². The molecule has 1 aromatic carbocycles. The number of hydrogen-bond donors (Lipinski definition) is 3. The lowest BCUT2D eigenvalue weighted by molar-refractivity contribution is 0.241. The fraction of sp³-hybridized carbons (Fsp3) is 0.263. The minimum Gasteiger partial charge on any atom is -0.360 e. The molecule has 1 fully saturated rings. The van der Waals surface area contributed by atoms with Crippen LogP contribution < -0.4 is 10.6 Å². The lowest BCUT2D eigenvalue weighted by Crippen LogP contribution is -2.46. The van der Waals surface area contributed by atoms with Crippen molar-refractivity contribution in [2.24, 2.45) is 0 Å². The van der Waals surface area contributed by atoms with Gasteiger partial charge in [0.1, 0.15) is 17.0 Å². The van der Waals surface area contributed by atoms with Crippen molar-refractivity contribution < 1.29 is 4.39 Å². The number of hydrogen-bond acceptors (Lipinski definition) is 4. The molecule has 27 heavy (non-hydrogen) atoms. The molecule has 3 aromatic heterocycles.